The minimum Gasteiger partial charge on any atom is -0.491 e. The number of ether oxygens (including phenoxy) is 1. The molecule has 0 spiro atoms. The zero-order chi connectivity index (χ0) is 24.0. The number of benzene rings is 2. The molecule has 0 amide bonds. The van der Waals surface area contributed by atoms with E-state index in [-0.39, 0.29) is 18.0 Å². The molecule has 1 aliphatic carbocycles. The van der Waals surface area contributed by atoms with E-state index in [4.69, 9.17) is 4.74 Å². The molecule has 0 bridgehead atoms. The fourth-order valence-electron chi connectivity index (χ4n) is 5.73. The summed E-state index contributed by atoms with van der Waals surface area (Å²) in [6.07, 6.45) is 7.82. The molecule has 2 aromatic carbocycles. The van der Waals surface area contributed by atoms with E-state index in [1.165, 1.54) is 23.5 Å². The lowest BCUT2D eigenvalue weighted by Gasteiger charge is -2.36. The first kappa shape index (κ1) is 22.6. The van der Waals surface area contributed by atoms with E-state index in [0.29, 0.717) is 28.6 Å². The molecule has 3 fully saturated rings. The van der Waals surface area contributed by atoms with Gasteiger partial charge in [-0.25, -0.2) is 4.39 Å². The fraction of sp³-hybridized carbons (Fsp3) is 0.464. The van der Waals surface area contributed by atoms with Crippen molar-refractivity contribution < 1.29 is 14.2 Å². The second-order valence-electron chi connectivity index (χ2n) is 10.4. The van der Waals surface area contributed by atoms with Crippen LogP contribution in [0.1, 0.15) is 38.5 Å². The monoisotopic (exact) mass is 477 g/mol. The predicted octanol–water partition coefficient (Wildman–Crippen LogP) is 4.10. The highest BCUT2D eigenvalue weighted by molar-refractivity contribution is 5.83. The molecule has 1 atom stereocenters. The van der Waals surface area contributed by atoms with Crippen LogP contribution < -0.4 is 15.2 Å². The average Bonchev–Trinajstić information content (AvgIpc) is 3.54. The van der Waals surface area contributed by atoms with Crippen molar-refractivity contribution in [1.29, 1.82) is 0 Å². The van der Waals surface area contributed by atoms with Crippen molar-refractivity contribution in [3.05, 3.63) is 64.8 Å². The minimum absolute atomic E-state index is 0.200. The molecular weight excluding hydrogens is 445 g/mol. The second kappa shape index (κ2) is 8.95. The first-order chi connectivity index (χ1) is 17.0. The zero-order valence-corrected chi connectivity index (χ0v) is 20.0. The molecule has 7 heteroatoms. The van der Waals surface area contributed by atoms with Gasteiger partial charge < -0.3 is 14.7 Å². The molecule has 184 valence electrons. The van der Waals surface area contributed by atoms with E-state index in [2.05, 4.69) is 9.80 Å². The first-order valence-corrected chi connectivity index (χ1v) is 12.8. The molecule has 1 N–H and O–H groups in total. The standard InChI is InChI=1S/C28H32FN3O3/c29-25-17-21(4-7-26(25)31-14-9-22(18-31)30-12-1-2-13-30)32-15-8-20-16-23(5-6-24(20)27(32)33)35-19-28(34)10-3-11-28/h4-8,15-17,22,34H,1-3,9-14,18-19H2/t22-/m1/s1. The third kappa shape index (κ3) is 4.32. The first-order valence-electron chi connectivity index (χ1n) is 12.8. The summed E-state index contributed by atoms with van der Waals surface area (Å²) >= 11 is 0. The number of aromatic nitrogens is 1. The predicted molar refractivity (Wildman–Crippen MR) is 135 cm³/mol. The Morgan fingerprint density at radius 3 is 2.60 bits per heavy atom. The van der Waals surface area contributed by atoms with E-state index < -0.39 is 5.60 Å². The summed E-state index contributed by atoms with van der Waals surface area (Å²) in [6, 6.07) is 12.7. The molecule has 3 aliphatic rings. The van der Waals surface area contributed by atoms with Crippen molar-refractivity contribution in [1.82, 2.24) is 9.47 Å². The van der Waals surface area contributed by atoms with Gasteiger partial charge in [-0.15, -0.1) is 0 Å². The Balaban J connectivity index is 1.21. The van der Waals surface area contributed by atoms with Crippen molar-refractivity contribution >= 4 is 16.5 Å². The largest absolute Gasteiger partial charge is 0.491 e. The van der Waals surface area contributed by atoms with E-state index >= 15 is 4.39 Å². The summed E-state index contributed by atoms with van der Waals surface area (Å²) in [5, 5.41) is 11.5. The van der Waals surface area contributed by atoms with Crippen LogP contribution in [-0.4, -0.2) is 59.0 Å². The summed E-state index contributed by atoms with van der Waals surface area (Å²) in [5.41, 5.74) is 0.202. The third-order valence-corrected chi connectivity index (χ3v) is 8.04. The maximum Gasteiger partial charge on any atom is 0.262 e. The molecule has 1 aromatic heterocycles. The van der Waals surface area contributed by atoms with Crippen LogP contribution in [0.5, 0.6) is 5.75 Å². The van der Waals surface area contributed by atoms with Gasteiger partial charge in [0.2, 0.25) is 0 Å². The molecular formula is C28H32FN3O3. The quantitative estimate of drug-likeness (QED) is 0.579. The molecule has 0 unspecified atom stereocenters. The number of anilines is 1. The lowest BCUT2D eigenvalue weighted by atomic mass is 9.81. The number of hydrogen-bond donors (Lipinski definition) is 1. The second-order valence-corrected chi connectivity index (χ2v) is 10.4. The number of rotatable bonds is 6. The summed E-state index contributed by atoms with van der Waals surface area (Å²) < 4.78 is 22.5. The van der Waals surface area contributed by atoms with Crippen LogP contribution in [0, 0.1) is 5.82 Å². The summed E-state index contributed by atoms with van der Waals surface area (Å²) in [5.74, 6) is 0.331. The van der Waals surface area contributed by atoms with Crippen LogP contribution in [0.3, 0.4) is 0 Å². The Bertz CT molecular complexity index is 1300. The van der Waals surface area contributed by atoms with Gasteiger partial charge in [-0.2, -0.15) is 0 Å². The van der Waals surface area contributed by atoms with Crippen LogP contribution >= 0.6 is 0 Å². The Labute approximate surface area is 204 Å². The highest BCUT2D eigenvalue weighted by atomic mass is 19.1. The topological polar surface area (TPSA) is 57.9 Å². The summed E-state index contributed by atoms with van der Waals surface area (Å²) in [4.78, 5) is 17.9. The highest BCUT2D eigenvalue weighted by Gasteiger charge is 2.35. The number of nitrogens with zero attached hydrogens (tertiary/aromatic N) is 3. The van der Waals surface area contributed by atoms with Crippen LogP contribution in [-0.2, 0) is 0 Å². The highest BCUT2D eigenvalue weighted by Crippen LogP contribution is 2.33. The number of likely N-dealkylation sites (tertiary alicyclic amines) is 1. The molecule has 35 heavy (non-hydrogen) atoms. The maximum atomic E-state index is 15.2. The van der Waals surface area contributed by atoms with Crippen molar-refractivity contribution in [2.24, 2.45) is 0 Å². The molecule has 3 aromatic rings. The minimum atomic E-state index is -0.723. The molecule has 0 radical (unpaired) electrons. The smallest absolute Gasteiger partial charge is 0.262 e. The Morgan fingerprint density at radius 2 is 1.86 bits per heavy atom. The molecule has 2 aliphatic heterocycles. The zero-order valence-electron chi connectivity index (χ0n) is 20.0. The van der Waals surface area contributed by atoms with Gasteiger partial charge in [-0.3, -0.25) is 14.3 Å². The van der Waals surface area contributed by atoms with Gasteiger partial charge in [-0.1, -0.05) is 0 Å². The molecule has 3 heterocycles. The number of halogens is 1. The van der Waals surface area contributed by atoms with E-state index in [9.17, 15) is 9.90 Å². The van der Waals surface area contributed by atoms with Crippen LogP contribution in [0.25, 0.3) is 16.5 Å². The van der Waals surface area contributed by atoms with Gasteiger partial charge in [0.05, 0.1) is 17.0 Å². The SMILES string of the molecule is O=c1c2ccc(OCC3(O)CCC3)cc2ccn1-c1ccc(N2CC[C@@H](N3CCCC3)C2)c(F)c1. The lowest BCUT2D eigenvalue weighted by Crippen LogP contribution is -2.42. The molecule has 6 nitrogen and oxygen atoms in total. The number of hydrogen-bond acceptors (Lipinski definition) is 5. The molecule has 2 saturated heterocycles. The number of aliphatic hydroxyl groups is 1. The van der Waals surface area contributed by atoms with Crippen LogP contribution in [0.15, 0.2) is 53.5 Å². The van der Waals surface area contributed by atoms with Gasteiger partial charge in [0.1, 0.15) is 18.2 Å². The van der Waals surface area contributed by atoms with Gasteiger partial charge in [0.15, 0.2) is 0 Å². The number of pyridine rings is 1. The number of fused-ring (bicyclic) bond motifs is 1. The normalized spacial score (nSPS) is 22.0. The van der Waals surface area contributed by atoms with Crippen LogP contribution in [0.4, 0.5) is 10.1 Å². The van der Waals surface area contributed by atoms with Crippen molar-refractivity contribution in [3.8, 4) is 11.4 Å². The van der Waals surface area contributed by atoms with E-state index in [0.717, 1.165) is 57.2 Å². The molecule has 1 saturated carbocycles. The fourth-order valence-corrected chi connectivity index (χ4v) is 5.73. The van der Waals surface area contributed by atoms with Crippen LogP contribution in [0.2, 0.25) is 0 Å². The molecule has 6 rings (SSSR count). The van der Waals surface area contributed by atoms with E-state index in [1.807, 2.05) is 18.2 Å². The van der Waals surface area contributed by atoms with E-state index in [1.54, 1.807) is 24.4 Å². The third-order valence-electron chi connectivity index (χ3n) is 8.04. The Kier molecular flexibility index (Phi) is 5.77. The lowest BCUT2D eigenvalue weighted by molar-refractivity contribution is -0.0663. The van der Waals surface area contributed by atoms with Crippen molar-refractivity contribution in [2.75, 3.05) is 37.7 Å². The van der Waals surface area contributed by atoms with Gasteiger partial charge in [0.25, 0.3) is 5.56 Å². The average molecular weight is 478 g/mol. The van der Waals surface area contributed by atoms with Gasteiger partial charge in [0, 0.05) is 36.8 Å². The van der Waals surface area contributed by atoms with Crippen molar-refractivity contribution in [3.63, 3.8) is 0 Å². The summed E-state index contributed by atoms with van der Waals surface area (Å²) in [7, 11) is 0. The Morgan fingerprint density at radius 1 is 1.03 bits per heavy atom. The maximum absolute atomic E-state index is 15.2. The van der Waals surface area contributed by atoms with Crippen molar-refractivity contribution in [2.45, 2.75) is 50.2 Å². The summed E-state index contributed by atoms with van der Waals surface area (Å²) in [6.45, 7) is 4.28. The Hall–Kier alpha value is -2.90. The van der Waals surface area contributed by atoms with Gasteiger partial charge in [-0.05, 0) is 93.4 Å². The van der Waals surface area contributed by atoms with Gasteiger partial charge >= 0.3 is 0 Å².